The monoisotopic (exact) mass is 343 g/mol. The van der Waals surface area contributed by atoms with E-state index < -0.39 is 6.10 Å². The third-order valence-corrected chi connectivity index (χ3v) is 4.44. The highest BCUT2D eigenvalue weighted by Gasteiger charge is 2.27. The van der Waals surface area contributed by atoms with Crippen LogP contribution in [0.3, 0.4) is 0 Å². The lowest BCUT2D eigenvalue weighted by atomic mass is 9.97. The maximum atomic E-state index is 12.5. The van der Waals surface area contributed by atoms with Crippen molar-refractivity contribution >= 4 is 11.7 Å². The van der Waals surface area contributed by atoms with Crippen LogP contribution in [0.1, 0.15) is 18.5 Å². The molecule has 0 bridgehead atoms. The number of pyridine rings is 1. The van der Waals surface area contributed by atoms with Gasteiger partial charge >= 0.3 is 0 Å². The number of piperidine rings is 1. The van der Waals surface area contributed by atoms with Gasteiger partial charge in [-0.2, -0.15) is 5.10 Å². The maximum absolute atomic E-state index is 12.5. The summed E-state index contributed by atoms with van der Waals surface area (Å²) in [6.07, 6.45) is 4.86. The predicted molar refractivity (Wildman–Crippen MR) is 95.0 cm³/mol. The molecule has 7 nitrogen and oxygen atoms in total. The number of hydrogen-bond donors (Lipinski definition) is 2. The molecule has 1 aliphatic rings. The molecule has 0 aromatic carbocycles. The first-order valence-electron chi connectivity index (χ1n) is 8.72. The highest BCUT2D eigenvalue weighted by molar-refractivity contribution is 5.91. The Balaban J connectivity index is 1.50. The van der Waals surface area contributed by atoms with E-state index in [2.05, 4.69) is 20.3 Å². The Labute approximate surface area is 147 Å². The zero-order chi connectivity index (χ0) is 17.6. The van der Waals surface area contributed by atoms with Crippen LogP contribution < -0.4 is 5.32 Å². The fraction of sp³-hybridized carbons (Fsp3) is 0.500. The third-order valence-electron chi connectivity index (χ3n) is 4.44. The number of nitrogens with zero attached hydrogens (tertiary/aromatic N) is 4. The molecule has 1 saturated heterocycles. The van der Waals surface area contributed by atoms with Crippen molar-refractivity contribution in [2.24, 2.45) is 5.92 Å². The van der Waals surface area contributed by atoms with Gasteiger partial charge in [-0.3, -0.25) is 14.4 Å². The smallest absolute Gasteiger partial charge is 0.229 e. The van der Waals surface area contributed by atoms with Crippen molar-refractivity contribution in [3.05, 3.63) is 42.4 Å². The van der Waals surface area contributed by atoms with Crippen molar-refractivity contribution in [3.8, 4) is 0 Å². The molecule has 2 aromatic heterocycles. The van der Waals surface area contributed by atoms with Crippen LogP contribution >= 0.6 is 0 Å². The van der Waals surface area contributed by atoms with Gasteiger partial charge in [-0.15, -0.1) is 0 Å². The van der Waals surface area contributed by atoms with Crippen LogP contribution in [0.25, 0.3) is 0 Å². The first kappa shape index (κ1) is 17.6. The summed E-state index contributed by atoms with van der Waals surface area (Å²) < 4.78 is 1.72. The summed E-state index contributed by atoms with van der Waals surface area (Å²) in [4.78, 5) is 19.0. The Bertz CT molecular complexity index is 689. The molecule has 2 N–H and O–H groups in total. The molecule has 0 saturated carbocycles. The molecule has 25 heavy (non-hydrogen) atoms. The first-order chi connectivity index (χ1) is 12.1. The zero-order valence-electron chi connectivity index (χ0n) is 14.5. The molecule has 3 rings (SSSR count). The fourth-order valence-corrected chi connectivity index (χ4v) is 3.26. The van der Waals surface area contributed by atoms with Gasteiger partial charge in [0.1, 0.15) is 5.82 Å². The number of carbonyl (C=O) groups is 1. The minimum atomic E-state index is -0.500. The van der Waals surface area contributed by atoms with Crippen molar-refractivity contribution in [2.75, 3.05) is 25.0 Å². The normalized spacial score (nSPS) is 19.5. The van der Waals surface area contributed by atoms with Crippen molar-refractivity contribution in [1.82, 2.24) is 19.7 Å². The van der Waals surface area contributed by atoms with E-state index in [4.69, 9.17) is 0 Å². The molecule has 2 aromatic rings. The lowest BCUT2D eigenvalue weighted by molar-refractivity contribution is -0.121. The number of aliphatic hydroxyl groups excluding tert-OH is 1. The van der Waals surface area contributed by atoms with Crippen LogP contribution in [0.2, 0.25) is 0 Å². The number of aryl methyl sites for hydroxylation is 1. The second-order valence-corrected chi connectivity index (χ2v) is 6.63. The summed E-state index contributed by atoms with van der Waals surface area (Å²) in [5.41, 5.74) is 0.879. The minimum Gasteiger partial charge on any atom is -0.390 e. The van der Waals surface area contributed by atoms with Crippen molar-refractivity contribution in [3.63, 3.8) is 0 Å². The van der Waals surface area contributed by atoms with Crippen LogP contribution in [0.5, 0.6) is 0 Å². The van der Waals surface area contributed by atoms with Crippen molar-refractivity contribution < 1.29 is 9.90 Å². The summed E-state index contributed by atoms with van der Waals surface area (Å²) in [6.45, 7) is 4.48. The molecule has 7 heteroatoms. The first-order valence-corrected chi connectivity index (χ1v) is 8.72. The van der Waals surface area contributed by atoms with E-state index in [1.807, 2.05) is 31.3 Å². The van der Waals surface area contributed by atoms with Gasteiger partial charge in [0, 0.05) is 31.2 Å². The quantitative estimate of drug-likeness (QED) is 0.826. The van der Waals surface area contributed by atoms with Gasteiger partial charge < -0.3 is 10.4 Å². The molecule has 3 heterocycles. The van der Waals surface area contributed by atoms with E-state index in [0.29, 0.717) is 25.5 Å². The summed E-state index contributed by atoms with van der Waals surface area (Å²) in [5, 5.41) is 17.3. The average molecular weight is 343 g/mol. The molecule has 1 aliphatic heterocycles. The Kier molecular flexibility index (Phi) is 5.78. The van der Waals surface area contributed by atoms with E-state index in [1.165, 1.54) is 0 Å². The standard InChI is InChI=1S/C18H25N5O2/c1-14-5-2-7-17(20-14)21-18(25)15-6-3-9-22(11-15)12-16(24)13-23-10-4-8-19-23/h2,4-5,7-8,10,15-16,24H,3,6,9,11-13H2,1H3,(H,20,21,25)/t15-,16-/m0/s1. The van der Waals surface area contributed by atoms with Crippen LogP contribution in [-0.2, 0) is 11.3 Å². The second-order valence-electron chi connectivity index (χ2n) is 6.63. The molecular formula is C18H25N5O2. The molecule has 0 aliphatic carbocycles. The number of amides is 1. The third kappa shape index (κ3) is 5.11. The lowest BCUT2D eigenvalue weighted by Gasteiger charge is -2.33. The van der Waals surface area contributed by atoms with Crippen molar-refractivity contribution in [1.29, 1.82) is 0 Å². The summed E-state index contributed by atoms with van der Waals surface area (Å²) in [5.74, 6) is 0.526. The van der Waals surface area contributed by atoms with E-state index in [1.54, 1.807) is 16.9 Å². The summed E-state index contributed by atoms with van der Waals surface area (Å²) >= 11 is 0. The lowest BCUT2D eigenvalue weighted by Crippen LogP contribution is -2.44. The van der Waals surface area contributed by atoms with Gasteiger partial charge in [0.05, 0.1) is 18.6 Å². The molecule has 1 amide bonds. The van der Waals surface area contributed by atoms with Gasteiger partial charge in [0.25, 0.3) is 0 Å². The number of β-amino-alcohol motifs (C(OH)–C–C–N with tert-alkyl or cyclic N) is 1. The van der Waals surface area contributed by atoms with Gasteiger partial charge in [0.2, 0.25) is 5.91 Å². The molecule has 134 valence electrons. The van der Waals surface area contributed by atoms with Crippen LogP contribution in [0, 0.1) is 12.8 Å². The number of aliphatic hydroxyl groups is 1. The maximum Gasteiger partial charge on any atom is 0.229 e. The Morgan fingerprint density at radius 2 is 2.28 bits per heavy atom. The minimum absolute atomic E-state index is 0.00404. The number of likely N-dealkylation sites (tertiary alicyclic amines) is 1. The van der Waals surface area contributed by atoms with E-state index in [9.17, 15) is 9.90 Å². The summed E-state index contributed by atoms with van der Waals surface area (Å²) in [7, 11) is 0. The number of aromatic nitrogens is 3. The Hall–Kier alpha value is -2.25. The molecule has 2 atom stereocenters. The van der Waals surface area contributed by atoms with Gasteiger partial charge in [-0.05, 0) is 44.5 Å². The Morgan fingerprint density at radius 3 is 3.04 bits per heavy atom. The highest BCUT2D eigenvalue weighted by atomic mass is 16.3. The van der Waals surface area contributed by atoms with Gasteiger partial charge in [-0.25, -0.2) is 4.98 Å². The molecule has 1 fully saturated rings. The predicted octanol–water partition coefficient (Wildman–Crippen LogP) is 1.30. The number of anilines is 1. The van der Waals surface area contributed by atoms with Crippen LogP contribution in [0.15, 0.2) is 36.7 Å². The van der Waals surface area contributed by atoms with E-state index in [0.717, 1.165) is 25.1 Å². The van der Waals surface area contributed by atoms with Crippen LogP contribution in [-0.4, -0.2) is 56.4 Å². The number of carbonyl (C=O) groups excluding carboxylic acids is 1. The number of rotatable bonds is 6. The molecule has 0 spiro atoms. The topological polar surface area (TPSA) is 83.3 Å². The van der Waals surface area contributed by atoms with Crippen LogP contribution in [0.4, 0.5) is 5.82 Å². The SMILES string of the molecule is Cc1cccc(NC(=O)[C@H]2CCCN(C[C@H](O)Cn3cccn3)C2)n1. The molecular weight excluding hydrogens is 318 g/mol. The fourth-order valence-electron chi connectivity index (χ4n) is 3.26. The van der Waals surface area contributed by atoms with Gasteiger partial charge in [0.15, 0.2) is 0 Å². The van der Waals surface area contributed by atoms with Crippen molar-refractivity contribution in [2.45, 2.75) is 32.4 Å². The zero-order valence-corrected chi connectivity index (χ0v) is 14.5. The number of hydrogen-bond acceptors (Lipinski definition) is 5. The van der Waals surface area contributed by atoms with Gasteiger partial charge in [-0.1, -0.05) is 6.07 Å². The number of nitrogens with one attached hydrogen (secondary N) is 1. The Morgan fingerprint density at radius 1 is 1.40 bits per heavy atom. The summed E-state index contributed by atoms with van der Waals surface area (Å²) in [6, 6.07) is 7.43. The van der Waals surface area contributed by atoms with E-state index in [-0.39, 0.29) is 11.8 Å². The largest absolute Gasteiger partial charge is 0.390 e. The molecule has 0 radical (unpaired) electrons. The average Bonchev–Trinajstić information content (AvgIpc) is 3.08. The molecule has 0 unspecified atom stereocenters. The highest BCUT2D eigenvalue weighted by Crippen LogP contribution is 2.19. The van der Waals surface area contributed by atoms with E-state index >= 15 is 0 Å². The second kappa shape index (κ2) is 8.22.